The van der Waals surface area contributed by atoms with Crippen LogP contribution in [0.15, 0.2) is 0 Å². The van der Waals surface area contributed by atoms with Gasteiger partial charge in [0.05, 0.1) is 12.2 Å². The lowest BCUT2D eigenvalue weighted by Crippen LogP contribution is -2.20. The van der Waals surface area contributed by atoms with Crippen molar-refractivity contribution in [1.29, 1.82) is 0 Å². The van der Waals surface area contributed by atoms with Gasteiger partial charge in [-0.1, -0.05) is 13.8 Å². The number of hydrogen-bond donors (Lipinski definition) is 1. The topological polar surface area (TPSA) is 61.0 Å². The summed E-state index contributed by atoms with van der Waals surface area (Å²) in [6.07, 6.45) is 7.11. The number of nitrogens with zero attached hydrogens (tertiary/aromatic N) is 2. The highest BCUT2D eigenvalue weighted by Gasteiger charge is 2.43. The molecular weight excluding hydrogens is 250 g/mol. The summed E-state index contributed by atoms with van der Waals surface area (Å²) in [5, 5.41) is 0. The van der Waals surface area contributed by atoms with Crippen LogP contribution in [0.3, 0.4) is 0 Å². The van der Waals surface area contributed by atoms with Crippen LogP contribution in [0.25, 0.3) is 0 Å². The van der Waals surface area contributed by atoms with E-state index in [1.165, 1.54) is 29.8 Å². The molecule has 20 heavy (non-hydrogen) atoms. The first-order valence-electron chi connectivity index (χ1n) is 8.00. The van der Waals surface area contributed by atoms with Gasteiger partial charge in [-0.2, -0.15) is 0 Å². The third-order valence-electron chi connectivity index (χ3n) is 4.70. The molecule has 4 nitrogen and oxygen atoms in total. The van der Waals surface area contributed by atoms with Gasteiger partial charge in [0.15, 0.2) is 0 Å². The molecule has 0 aromatic carbocycles. The van der Waals surface area contributed by atoms with Gasteiger partial charge >= 0.3 is 0 Å². The molecule has 2 bridgehead atoms. The van der Waals surface area contributed by atoms with Gasteiger partial charge in [0.1, 0.15) is 5.82 Å². The van der Waals surface area contributed by atoms with Crippen LogP contribution in [0, 0.1) is 0 Å². The van der Waals surface area contributed by atoms with E-state index in [-0.39, 0.29) is 0 Å². The van der Waals surface area contributed by atoms with Gasteiger partial charge < -0.3 is 10.5 Å². The molecule has 4 heteroatoms. The van der Waals surface area contributed by atoms with E-state index in [0.717, 1.165) is 31.5 Å². The maximum atomic E-state index is 5.96. The van der Waals surface area contributed by atoms with Gasteiger partial charge in [-0.05, 0) is 50.6 Å². The molecule has 0 aliphatic carbocycles. The number of ether oxygens (including phenoxy) is 1. The van der Waals surface area contributed by atoms with Crippen molar-refractivity contribution in [1.82, 2.24) is 9.97 Å². The highest BCUT2D eigenvalue weighted by molar-refractivity contribution is 5.28. The molecule has 110 valence electrons. The summed E-state index contributed by atoms with van der Waals surface area (Å²) in [5.74, 6) is 1.43. The monoisotopic (exact) mass is 275 g/mol. The average molecular weight is 275 g/mol. The smallest absolute Gasteiger partial charge is 0.134 e. The van der Waals surface area contributed by atoms with Gasteiger partial charge in [-0.25, -0.2) is 9.97 Å². The van der Waals surface area contributed by atoms with Gasteiger partial charge in [0, 0.05) is 17.3 Å². The van der Waals surface area contributed by atoms with Crippen LogP contribution in [0.1, 0.15) is 61.8 Å². The predicted octanol–water partition coefficient (Wildman–Crippen LogP) is 2.14. The Morgan fingerprint density at radius 3 is 2.30 bits per heavy atom. The molecule has 2 saturated heterocycles. The Bertz CT molecular complexity index is 464. The first-order valence-corrected chi connectivity index (χ1v) is 8.00. The van der Waals surface area contributed by atoms with Crippen molar-refractivity contribution in [2.24, 2.45) is 5.73 Å². The Morgan fingerprint density at radius 2 is 1.85 bits per heavy atom. The number of hydrogen-bond acceptors (Lipinski definition) is 4. The minimum absolute atomic E-state index is 0.356. The van der Waals surface area contributed by atoms with Crippen LogP contribution >= 0.6 is 0 Å². The quantitative estimate of drug-likeness (QED) is 0.894. The molecule has 2 aliphatic heterocycles. The van der Waals surface area contributed by atoms with Crippen LogP contribution in [0.2, 0.25) is 0 Å². The lowest BCUT2D eigenvalue weighted by molar-refractivity contribution is 0.0998. The lowest BCUT2D eigenvalue weighted by Gasteiger charge is -2.20. The Kier molecular flexibility index (Phi) is 4.03. The second-order valence-electron chi connectivity index (χ2n) is 5.92. The van der Waals surface area contributed by atoms with Gasteiger partial charge in [0.25, 0.3) is 0 Å². The number of nitrogens with two attached hydrogens (primary N) is 1. The van der Waals surface area contributed by atoms with Gasteiger partial charge in [0.2, 0.25) is 0 Å². The Labute approximate surface area is 121 Å². The summed E-state index contributed by atoms with van der Waals surface area (Å²) >= 11 is 0. The first-order chi connectivity index (χ1) is 9.76. The maximum absolute atomic E-state index is 5.96. The molecule has 3 rings (SSSR count). The highest BCUT2D eigenvalue weighted by atomic mass is 16.5. The van der Waals surface area contributed by atoms with Crippen molar-refractivity contribution in [3.05, 3.63) is 22.8 Å². The summed E-state index contributed by atoms with van der Waals surface area (Å²) < 4.78 is 5.96. The zero-order valence-corrected chi connectivity index (χ0v) is 12.6. The largest absolute Gasteiger partial charge is 0.374 e. The fourth-order valence-electron chi connectivity index (χ4n) is 3.70. The van der Waals surface area contributed by atoms with E-state index in [0.29, 0.717) is 24.7 Å². The molecule has 2 aliphatic rings. The maximum Gasteiger partial charge on any atom is 0.134 e. The Morgan fingerprint density at radius 1 is 1.15 bits per heavy atom. The molecule has 1 aromatic heterocycles. The van der Waals surface area contributed by atoms with E-state index in [1.807, 2.05) is 0 Å². The third-order valence-corrected chi connectivity index (χ3v) is 4.70. The van der Waals surface area contributed by atoms with E-state index >= 15 is 0 Å². The fourth-order valence-corrected chi connectivity index (χ4v) is 3.70. The number of fused-ring (bicyclic) bond motifs is 2. The second-order valence-corrected chi connectivity index (χ2v) is 5.92. The van der Waals surface area contributed by atoms with E-state index in [4.69, 9.17) is 20.4 Å². The van der Waals surface area contributed by atoms with Crippen LogP contribution in [0.5, 0.6) is 0 Å². The highest BCUT2D eigenvalue weighted by Crippen LogP contribution is 2.43. The minimum Gasteiger partial charge on any atom is -0.374 e. The molecular formula is C16H25N3O. The lowest BCUT2D eigenvalue weighted by atomic mass is 9.88. The molecule has 0 saturated carbocycles. The fraction of sp³-hybridized carbons (Fsp3) is 0.750. The standard InChI is InChI=1S/C16H25N3O/c1-3-13-11(7-8-17)14(4-2)19-16(18-13)12-9-10-5-6-15(12)20-10/h10,12,15H,3-9,17H2,1-2H3. The molecule has 1 aromatic rings. The van der Waals surface area contributed by atoms with E-state index in [1.54, 1.807) is 0 Å². The van der Waals surface area contributed by atoms with Gasteiger partial charge in [-0.3, -0.25) is 0 Å². The zero-order chi connectivity index (χ0) is 14.1. The summed E-state index contributed by atoms with van der Waals surface area (Å²) in [4.78, 5) is 9.75. The molecule has 0 amide bonds. The van der Waals surface area contributed by atoms with Crippen LogP contribution in [0.4, 0.5) is 0 Å². The molecule has 3 unspecified atom stereocenters. The number of rotatable bonds is 5. The third kappa shape index (κ3) is 2.35. The van der Waals surface area contributed by atoms with E-state index in [9.17, 15) is 0 Å². The second kappa shape index (κ2) is 5.78. The molecule has 2 N–H and O–H groups in total. The molecule has 0 radical (unpaired) electrons. The van der Waals surface area contributed by atoms with E-state index in [2.05, 4.69) is 13.8 Å². The van der Waals surface area contributed by atoms with Crippen molar-refractivity contribution >= 4 is 0 Å². The summed E-state index contributed by atoms with van der Waals surface area (Å²) in [7, 11) is 0. The molecule has 3 atom stereocenters. The Hall–Kier alpha value is -1.00. The molecule has 0 spiro atoms. The van der Waals surface area contributed by atoms with E-state index < -0.39 is 0 Å². The molecule has 2 fully saturated rings. The number of aryl methyl sites for hydroxylation is 2. The summed E-state index contributed by atoms with van der Waals surface area (Å²) in [6, 6.07) is 0. The summed E-state index contributed by atoms with van der Waals surface area (Å²) in [6.45, 7) is 5.01. The van der Waals surface area contributed by atoms with Crippen molar-refractivity contribution in [2.45, 2.75) is 70.5 Å². The Balaban J connectivity index is 1.95. The number of aromatic nitrogens is 2. The average Bonchev–Trinajstić information content (AvgIpc) is 3.10. The SMILES string of the molecule is CCc1nc(C2CC3CCC2O3)nc(CC)c1CCN. The van der Waals surface area contributed by atoms with Crippen molar-refractivity contribution in [2.75, 3.05) is 6.54 Å². The summed E-state index contributed by atoms with van der Waals surface area (Å²) in [5.41, 5.74) is 9.41. The normalized spacial score (nSPS) is 28.2. The van der Waals surface area contributed by atoms with Crippen molar-refractivity contribution in [3.8, 4) is 0 Å². The first kappa shape index (κ1) is 14.0. The van der Waals surface area contributed by atoms with Crippen LogP contribution in [-0.4, -0.2) is 28.7 Å². The van der Waals surface area contributed by atoms with Gasteiger partial charge in [-0.15, -0.1) is 0 Å². The van der Waals surface area contributed by atoms with Crippen molar-refractivity contribution in [3.63, 3.8) is 0 Å². The minimum atomic E-state index is 0.356. The molecule has 3 heterocycles. The zero-order valence-electron chi connectivity index (χ0n) is 12.6. The van der Waals surface area contributed by atoms with Crippen molar-refractivity contribution < 1.29 is 4.74 Å². The van der Waals surface area contributed by atoms with Crippen LogP contribution < -0.4 is 5.73 Å². The predicted molar refractivity (Wildman–Crippen MR) is 78.8 cm³/mol. The van der Waals surface area contributed by atoms with Crippen LogP contribution in [-0.2, 0) is 24.0 Å².